The molecule has 1 aromatic rings. The third-order valence-electron chi connectivity index (χ3n) is 1.62. The van der Waals surface area contributed by atoms with Crippen LogP contribution in [0.5, 0.6) is 0 Å². The van der Waals surface area contributed by atoms with E-state index in [-0.39, 0.29) is 0 Å². The van der Waals surface area contributed by atoms with Crippen molar-refractivity contribution in [3.8, 4) is 11.8 Å². The van der Waals surface area contributed by atoms with Gasteiger partial charge in [-0.2, -0.15) is 12.6 Å². The predicted molar refractivity (Wildman–Crippen MR) is 59.9 cm³/mol. The fourth-order valence-corrected chi connectivity index (χ4v) is 1.18. The summed E-state index contributed by atoms with van der Waals surface area (Å²) in [4.78, 5) is 0. The summed E-state index contributed by atoms with van der Waals surface area (Å²) in [5.74, 6) is 6.57. The summed E-state index contributed by atoms with van der Waals surface area (Å²) >= 11 is 4.03. The van der Waals surface area contributed by atoms with E-state index in [0.29, 0.717) is 5.75 Å². The lowest BCUT2D eigenvalue weighted by atomic mass is 10.1. The van der Waals surface area contributed by atoms with Crippen molar-refractivity contribution < 1.29 is 0 Å². The quantitative estimate of drug-likeness (QED) is 0.535. The van der Waals surface area contributed by atoms with Gasteiger partial charge >= 0.3 is 0 Å². The lowest BCUT2D eigenvalue weighted by Crippen LogP contribution is -2.04. The first kappa shape index (κ1) is 10.2. The first-order valence-corrected chi connectivity index (χ1v) is 4.83. The van der Waals surface area contributed by atoms with Gasteiger partial charge in [0.25, 0.3) is 0 Å². The molecule has 13 heavy (non-hydrogen) atoms. The number of hydrogen-bond donors (Lipinski definition) is 2. The van der Waals surface area contributed by atoms with Crippen LogP contribution < -0.4 is 5.32 Å². The Labute approximate surface area is 85.0 Å². The van der Waals surface area contributed by atoms with Crippen molar-refractivity contribution in [3.05, 3.63) is 35.4 Å². The van der Waals surface area contributed by atoms with Crippen molar-refractivity contribution in [3.63, 3.8) is 0 Å². The number of hydrogen-bond acceptors (Lipinski definition) is 2. The van der Waals surface area contributed by atoms with E-state index in [9.17, 15) is 0 Å². The number of benzene rings is 1. The molecule has 0 unspecified atom stereocenters. The monoisotopic (exact) mass is 191 g/mol. The Morgan fingerprint density at radius 2 is 2.31 bits per heavy atom. The number of nitrogens with one attached hydrogen (secondary N) is 1. The topological polar surface area (TPSA) is 12.0 Å². The van der Waals surface area contributed by atoms with Crippen molar-refractivity contribution in [2.75, 3.05) is 12.8 Å². The van der Waals surface area contributed by atoms with Gasteiger partial charge in [0.15, 0.2) is 0 Å². The zero-order valence-corrected chi connectivity index (χ0v) is 8.57. The number of thiol groups is 1. The summed E-state index contributed by atoms with van der Waals surface area (Å²) in [5.41, 5.74) is 2.32. The maximum atomic E-state index is 4.03. The third kappa shape index (κ3) is 3.54. The van der Waals surface area contributed by atoms with Crippen LogP contribution >= 0.6 is 12.6 Å². The van der Waals surface area contributed by atoms with E-state index in [0.717, 1.165) is 12.1 Å². The summed E-state index contributed by atoms with van der Waals surface area (Å²) in [6.07, 6.45) is 0. The summed E-state index contributed by atoms with van der Waals surface area (Å²) in [7, 11) is 1.94. The molecule has 0 aliphatic carbocycles. The molecule has 1 aromatic carbocycles. The zero-order chi connectivity index (χ0) is 9.52. The molecule has 0 atom stereocenters. The molecular formula is C11H13NS. The highest BCUT2D eigenvalue weighted by molar-refractivity contribution is 7.80. The molecule has 1 N–H and O–H groups in total. The maximum Gasteiger partial charge on any atom is 0.0521 e. The minimum absolute atomic E-state index is 0.607. The van der Waals surface area contributed by atoms with Gasteiger partial charge in [-0.3, -0.25) is 0 Å². The van der Waals surface area contributed by atoms with Gasteiger partial charge in [0.05, 0.1) is 5.75 Å². The fourth-order valence-electron chi connectivity index (χ4n) is 1.10. The van der Waals surface area contributed by atoms with Crippen molar-refractivity contribution >= 4 is 12.6 Å². The van der Waals surface area contributed by atoms with Gasteiger partial charge < -0.3 is 5.32 Å². The Kier molecular flexibility index (Phi) is 4.45. The van der Waals surface area contributed by atoms with E-state index in [1.54, 1.807) is 0 Å². The van der Waals surface area contributed by atoms with E-state index >= 15 is 0 Å². The molecule has 0 amide bonds. The molecular weight excluding hydrogens is 178 g/mol. The smallest absolute Gasteiger partial charge is 0.0521 e. The molecule has 0 bridgehead atoms. The molecule has 0 saturated heterocycles. The van der Waals surface area contributed by atoms with Crippen LogP contribution in [0.15, 0.2) is 24.3 Å². The molecule has 1 nitrogen and oxygen atoms in total. The van der Waals surface area contributed by atoms with Crippen molar-refractivity contribution in [2.45, 2.75) is 6.54 Å². The normalized spacial score (nSPS) is 9.08. The third-order valence-corrected chi connectivity index (χ3v) is 1.78. The van der Waals surface area contributed by atoms with Gasteiger partial charge in [-0.15, -0.1) is 0 Å². The molecule has 0 spiro atoms. The first-order valence-electron chi connectivity index (χ1n) is 4.20. The summed E-state index contributed by atoms with van der Waals surface area (Å²) in [6.45, 7) is 0.885. The zero-order valence-electron chi connectivity index (χ0n) is 7.67. The summed E-state index contributed by atoms with van der Waals surface area (Å²) < 4.78 is 0. The Morgan fingerprint density at radius 1 is 1.46 bits per heavy atom. The van der Waals surface area contributed by atoms with E-state index < -0.39 is 0 Å². The number of rotatable bonds is 2. The highest BCUT2D eigenvalue weighted by Gasteiger charge is 1.90. The molecule has 2 heteroatoms. The van der Waals surface area contributed by atoms with Gasteiger partial charge in [-0.1, -0.05) is 24.0 Å². The van der Waals surface area contributed by atoms with Crippen LogP contribution in [0.1, 0.15) is 11.1 Å². The van der Waals surface area contributed by atoms with Crippen molar-refractivity contribution in [1.29, 1.82) is 0 Å². The Balaban J connectivity index is 2.79. The van der Waals surface area contributed by atoms with Crippen LogP contribution in [0.25, 0.3) is 0 Å². The highest BCUT2D eigenvalue weighted by Crippen LogP contribution is 2.03. The molecule has 0 aliphatic rings. The van der Waals surface area contributed by atoms with E-state index in [1.807, 2.05) is 19.2 Å². The SMILES string of the molecule is CNCc1cccc(C#CCS)c1. The van der Waals surface area contributed by atoms with Crippen molar-refractivity contribution in [1.82, 2.24) is 5.32 Å². The largest absolute Gasteiger partial charge is 0.316 e. The molecule has 0 saturated carbocycles. The second-order valence-electron chi connectivity index (χ2n) is 2.69. The van der Waals surface area contributed by atoms with Crippen LogP contribution in [0.2, 0.25) is 0 Å². The second-order valence-corrected chi connectivity index (χ2v) is 3.01. The standard InChI is InChI=1S/C11H13NS/c1-12-9-11-5-2-4-10(8-11)6-3-7-13/h2,4-5,8,12-13H,7,9H2,1H3. The molecule has 0 radical (unpaired) electrons. The average molecular weight is 191 g/mol. The van der Waals surface area contributed by atoms with Crippen LogP contribution in [-0.2, 0) is 6.54 Å². The highest BCUT2D eigenvalue weighted by atomic mass is 32.1. The van der Waals surface area contributed by atoms with Gasteiger partial charge in [-0.05, 0) is 24.7 Å². The van der Waals surface area contributed by atoms with Gasteiger partial charge in [-0.25, -0.2) is 0 Å². The van der Waals surface area contributed by atoms with Crippen LogP contribution in [-0.4, -0.2) is 12.8 Å². The van der Waals surface area contributed by atoms with Crippen molar-refractivity contribution in [2.24, 2.45) is 0 Å². The van der Waals surface area contributed by atoms with E-state index in [1.165, 1.54) is 5.56 Å². The predicted octanol–water partition coefficient (Wildman–Crippen LogP) is 1.69. The summed E-state index contributed by atoms with van der Waals surface area (Å²) in [5, 5.41) is 3.10. The lowest BCUT2D eigenvalue weighted by Gasteiger charge is -1.99. The molecule has 0 heterocycles. The Bertz CT molecular complexity index is 322. The fraction of sp³-hybridized carbons (Fsp3) is 0.273. The molecule has 0 fully saturated rings. The Morgan fingerprint density at radius 3 is 3.00 bits per heavy atom. The average Bonchev–Trinajstić information content (AvgIpc) is 2.16. The van der Waals surface area contributed by atoms with E-state index in [2.05, 4.69) is 41.9 Å². The van der Waals surface area contributed by atoms with Crippen LogP contribution in [0.3, 0.4) is 0 Å². The van der Waals surface area contributed by atoms with Crippen LogP contribution in [0, 0.1) is 11.8 Å². The first-order chi connectivity index (χ1) is 6.36. The lowest BCUT2D eigenvalue weighted by molar-refractivity contribution is 0.817. The second kappa shape index (κ2) is 5.69. The van der Waals surface area contributed by atoms with Gasteiger partial charge in [0, 0.05) is 12.1 Å². The Hall–Kier alpha value is -0.910. The molecule has 0 aromatic heterocycles. The minimum Gasteiger partial charge on any atom is -0.316 e. The minimum atomic E-state index is 0.607. The maximum absolute atomic E-state index is 4.03. The van der Waals surface area contributed by atoms with Crippen LogP contribution in [0.4, 0.5) is 0 Å². The van der Waals surface area contributed by atoms with E-state index in [4.69, 9.17) is 0 Å². The molecule has 0 aliphatic heterocycles. The molecule has 68 valence electrons. The molecule has 1 rings (SSSR count). The summed E-state index contributed by atoms with van der Waals surface area (Å²) in [6, 6.07) is 8.21. The van der Waals surface area contributed by atoms with Gasteiger partial charge in [0.2, 0.25) is 0 Å². The van der Waals surface area contributed by atoms with Gasteiger partial charge in [0.1, 0.15) is 0 Å².